The summed E-state index contributed by atoms with van der Waals surface area (Å²) in [6.07, 6.45) is 8.96. The Hall–Kier alpha value is -2.65. The van der Waals surface area contributed by atoms with Crippen LogP contribution in [-0.4, -0.2) is 56.5 Å². The summed E-state index contributed by atoms with van der Waals surface area (Å²) in [4.78, 5) is 38.1. The van der Waals surface area contributed by atoms with Crippen LogP contribution in [0.25, 0.3) is 11.3 Å². The minimum absolute atomic E-state index is 0.0638. The molecule has 2 aliphatic carbocycles. The summed E-state index contributed by atoms with van der Waals surface area (Å²) in [5, 5.41) is 1.89. The predicted octanol–water partition coefficient (Wildman–Crippen LogP) is 4.17. The highest BCUT2D eigenvalue weighted by molar-refractivity contribution is 7.03. The molecule has 8 nitrogen and oxygen atoms in total. The van der Waals surface area contributed by atoms with E-state index in [9.17, 15) is 9.59 Å². The van der Waals surface area contributed by atoms with E-state index in [0.29, 0.717) is 41.7 Å². The number of aromatic nitrogens is 3. The Labute approximate surface area is 210 Å². The van der Waals surface area contributed by atoms with Crippen LogP contribution in [0, 0.1) is 5.41 Å². The normalized spacial score (nSPS) is 26.3. The van der Waals surface area contributed by atoms with Crippen LogP contribution in [0.5, 0.6) is 5.88 Å². The molecule has 9 heteroatoms. The van der Waals surface area contributed by atoms with Crippen molar-refractivity contribution in [3.05, 3.63) is 34.7 Å². The smallest absolute Gasteiger partial charge is 0.228 e. The van der Waals surface area contributed by atoms with Gasteiger partial charge in [0, 0.05) is 40.7 Å². The van der Waals surface area contributed by atoms with Gasteiger partial charge >= 0.3 is 0 Å². The number of likely N-dealkylation sites (N-methyl/N-ethyl adjacent to an activating group) is 1. The van der Waals surface area contributed by atoms with Crippen LogP contribution >= 0.6 is 11.5 Å². The van der Waals surface area contributed by atoms with Crippen molar-refractivity contribution in [3.63, 3.8) is 0 Å². The zero-order valence-corrected chi connectivity index (χ0v) is 21.3. The number of hydrogen-bond acceptors (Lipinski definition) is 9. The number of ether oxygens (including phenoxy) is 1. The molecule has 35 heavy (non-hydrogen) atoms. The van der Waals surface area contributed by atoms with Gasteiger partial charge in [0.05, 0.1) is 17.3 Å². The van der Waals surface area contributed by atoms with Crippen LogP contribution < -0.4 is 10.5 Å². The van der Waals surface area contributed by atoms with Crippen LogP contribution in [0.2, 0.25) is 0 Å². The highest BCUT2D eigenvalue weighted by Crippen LogP contribution is 2.47. The topological polar surface area (TPSA) is 111 Å². The van der Waals surface area contributed by atoms with E-state index >= 15 is 0 Å². The number of carbonyl (C=O) groups is 2. The molecule has 1 spiro atoms. The number of rotatable bonds is 6. The molecule has 1 saturated carbocycles. The fourth-order valence-corrected chi connectivity index (χ4v) is 6.53. The standard InChI is InChI=1S/C26H33N5O3S/c1-16(20-8-6-12-31(20)2)34-22-13-19(17-14-28-35-15-17)29-25(30-22)23(33)18-7-5-11-26(24(18)27)10-4-3-9-21(26)32/h13-16,20H,3-12,27H2,1-2H3/t16-,20-,26+/m0/s1. The first-order valence-electron chi connectivity index (χ1n) is 12.6. The van der Waals surface area contributed by atoms with Crippen molar-refractivity contribution in [2.75, 3.05) is 13.6 Å². The lowest BCUT2D eigenvalue weighted by Crippen LogP contribution is -2.42. The molecular formula is C26H33N5O3S. The van der Waals surface area contributed by atoms with Gasteiger partial charge in [-0.1, -0.05) is 6.42 Å². The lowest BCUT2D eigenvalue weighted by Gasteiger charge is -2.40. The van der Waals surface area contributed by atoms with Gasteiger partial charge in [-0.05, 0) is 77.0 Å². The Morgan fingerprint density at radius 3 is 2.77 bits per heavy atom. The lowest BCUT2D eigenvalue weighted by atomic mass is 9.64. The van der Waals surface area contributed by atoms with Gasteiger partial charge in [0.2, 0.25) is 17.5 Å². The molecule has 0 amide bonds. The Morgan fingerprint density at radius 2 is 2.06 bits per heavy atom. The Bertz CT molecular complexity index is 1150. The summed E-state index contributed by atoms with van der Waals surface area (Å²) >= 11 is 1.32. The molecule has 2 aromatic heterocycles. The molecule has 3 heterocycles. The van der Waals surface area contributed by atoms with Crippen LogP contribution in [-0.2, 0) is 4.79 Å². The third-order valence-electron chi connectivity index (χ3n) is 8.00. The minimum Gasteiger partial charge on any atom is -0.473 e. The molecule has 0 bridgehead atoms. The molecule has 2 fully saturated rings. The van der Waals surface area contributed by atoms with Crippen molar-refractivity contribution in [1.29, 1.82) is 0 Å². The third kappa shape index (κ3) is 4.51. The molecule has 2 N–H and O–H groups in total. The molecule has 1 aliphatic heterocycles. The lowest BCUT2D eigenvalue weighted by molar-refractivity contribution is -0.129. The van der Waals surface area contributed by atoms with Gasteiger partial charge < -0.3 is 10.5 Å². The first-order valence-corrected chi connectivity index (χ1v) is 13.5. The van der Waals surface area contributed by atoms with Crippen molar-refractivity contribution in [1.82, 2.24) is 19.2 Å². The van der Waals surface area contributed by atoms with Gasteiger partial charge in [-0.3, -0.25) is 14.5 Å². The summed E-state index contributed by atoms with van der Waals surface area (Å²) in [7, 11) is 2.11. The van der Waals surface area contributed by atoms with Crippen LogP contribution in [0.4, 0.5) is 0 Å². The van der Waals surface area contributed by atoms with E-state index in [1.54, 1.807) is 12.3 Å². The molecule has 1 saturated heterocycles. The SMILES string of the molecule is C[C@H](Oc1cc(-c2cnsc2)nc(C(=O)C2=C(N)[C@]3(CCCCC3=O)CCC2)n1)[C@@H]1CCCN1C. The Kier molecular flexibility index (Phi) is 6.72. The molecule has 0 aromatic carbocycles. The quantitative estimate of drug-likeness (QED) is 0.595. The van der Waals surface area contributed by atoms with E-state index in [2.05, 4.69) is 26.3 Å². The van der Waals surface area contributed by atoms with Crippen molar-refractivity contribution in [2.45, 2.75) is 76.9 Å². The summed E-state index contributed by atoms with van der Waals surface area (Å²) < 4.78 is 10.5. The molecule has 5 rings (SSSR count). The second-order valence-corrected chi connectivity index (χ2v) is 10.8. The van der Waals surface area contributed by atoms with E-state index in [1.807, 2.05) is 12.3 Å². The van der Waals surface area contributed by atoms with Gasteiger partial charge in [0.1, 0.15) is 11.9 Å². The number of Topliss-reactive ketones (excluding diaryl/α,β-unsaturated/α-hetero) is 2. The van der Waals surface area contributed by atoms with E-state index in [-0.39, 0.29) is 23.5 Å². The van der Waals surface area contributed by atoms with Gasteiger partial charge in [-0.25, -0.2) is 9.36 Å². The van der Waals surface area contributed by atoms with Crippen LogP contribution in [0.1, 0.15) is 75.3 Å². The first-order chi connectivity index (χ1) is 16.9. The molecular weight excluding hydrogens is 462 g/mol. The predicted molar refractivity (Wildman–Crippen MR) is 134 cm³/mol. The van der Waals surface area contributed by atoms with E-state index in [1.165, 1.54) is 11.5 Å². The summed E-state index contributed by atoms with van der Waals surface area (Å²) in [6, 6.07) is 2.07. The second kappa shape index (κ2) is 9.78. The maximum Gasteiger partial charge on any atom is 0.228 e. The zero-order chi connectivity index (χ0) is 24.6. The van der Waals surface area contributed by atoms with Crippen molar-refractivity contribution in [3.8, 4) is 17.1 Å². The van der Waals surface area contributed by atoms with E-state index in [4.69, 9.17) is 10.5 Å². The average Bonchev–Trinajstić information content (AvgIpc) is 3.54. The van der Waals surface area contributed by atoms with Crippen molar-refractivity contribution >= 4 is 23.1 Å². The van der Waals surface area contributed by atoms with Crippen molar-refractivity contribution in [2.24, 2.45) is 11.1 Å². The first kappa shape index (κ1) is 24.1. The maximum atomic E-state index is 13.8. The Balaban J connectivity index is 1.51. The highest BCUT2D eigenvalue weighted by Gasteiger charge is 2.46. The largest absolute Gasteiger partial charge is 0.473 e. The van der Waals surface area contributed by atoms with Gasteiger partial charge in [0.15, 0.2) is 0 Å². The number of nitrogens with two attached hydrogens (primary N) is 1. The molecule has 186 valence electrons. The Morgan fingerprint density at radius 1 is 1.23 bits per heavy atom. The number of ketones is 2. The highest BCUT2D eigenvalue weighted by atomic mass is 32.1. The fraction of sp³-hybridized carbons (Fsp3) is 0.577. The second-order valence-electron chi connectivity index (χ2n) is 10.1. The van der Waals surface area contributed by atoms with Crippen LogP contribution in [0.15, 0.2) is 28.9 Å². The third-order valence-corrected chi connectivity index (χ3v) is 8.58. The zero-order valence-electron chi connectivity index (χ0n) is 20.5. The van der Waals surface area contributed by atoms with E-state index in [0.717, 1.165) is 57.1 Å². The summed E-state index contributed by atoms with van der Waals surface area (Å²) in [6.45, 7) is 3.09. The number of likely N-dealkylation sites (tertiary alicyclic amines) is 1. The van der Waals surface area contributed by atoms with Gasteiger partial charge in [0.25, 0.3) is 0 Å². The molecule has 2 aromatic rings. The minimum atomic E-state index is -0.697. The maximum absolute atomic E-state index is 13.8. The average molecular weight is 496 g/mol. The molecule has 3 aliphatic rings. The molecule has 0 unspecified atom stereocenters. The fourth-order valence-electron chi connectivity index (χ4n) is 6.00. The number of carbonyl (C=O) groups excluding carboxylic acids is 2. The van der Waals surface area contributed by atoms with Crippen molar-refractivity contribution < 1.29 is 14.3 Å². The summed E-state index contributed by atoms with van der Waals surface area (Å²) in [5.74, 6) is 0.300. The van der Waals surface area contributed by atoms with Gasteiger partial charge in [-0.2, -0.15) is 4.98 Å². The monoisotopic (exact) mass is 495 g/mol. The van der Waals surface area contributed by atoms with Crippen LogP contribution in [0.3, 0.4) is 0 Å². The summed E-state index contributed by atoms with van der Waals surface area (Å²) in [5.41, 5.74) is 8.24. The number of nitrogens with zero attached hydrogens (tertiary/aromatic N) is 4. The number of hydrogen-bond donors (Lipinski definition) is 1. The van der Waals surface area contributed by atoms with E-state index < -0.39 is 5.41 Å². The van der Waals surface area contributed by atoms with Gasteiger partial charge in [-0.15, -0.1) is 0 Å². The molecule has 3 atom stereocenters. The molecule has 0 radical (unpaired) electrons. The number of allylic oxidation sites excluding steroid dienone is 2.